The van der Waals surface area contributed by atoms with Gasteiger partial charge in [-0.2, -0.15) is 5.10 Å². The Hall–Kier alpha value is -1.82. The van der Waals surface area contributed by atoms with Crippen LogP contribution in [-0.4, -0.2) is 21.7 Å². The summed E-state index contributed by atoms with van der Waals surface area (Å²) < 4.78 is 26.1. The third kappa shape index (κ3) is 3.57. The van der Waals surface area contributed by atoms with Gasteiger partial charge in [0.1, 0.15) is 12.2 Å². The zero-order chi connectivity index (χ0) is 13.7. The smallest absolute Gasteiger partial charge is 0.159 e. The Morgan fingerprint density at radius 2 is 2.16 bits per heavy atom. The van der Waals surface area contributed by atoms with Gasteiger partial charge in [-0.1, -0.05) is 13.0 Å². The second kappa shape index (κ2) is 6.38. The summed E-state index contributed by atoms with van der Waals surface area (Å²) in [6, 6.07) is 3.84. The van der Waals surface area contributed by atoms with E-state index >= 15 is 0 Å². The lowest BCUT2D eigenvalue weighted by atomic mass is 10.0. The normalized spacial score (nSPS) is 12.6. The van der Waals surface area contributed by atoms with Crippen molar-refractivity contribution in [3.63, 3.8) is 0 Å². The van der Waals surface area contributed by atoms with E-state index in [0.29, 0.717) is 17.8 Å². The van der Waals surface area contributed by atoms with Crippen LogP contribution in [0.5, 0.6) is 0 Å². The summed E-state index contributed by atoms with van der Waals surface area (Å²) in [5, 5.41) is 9.92. The Bertz CT molecular complexity index is 513. The highest BCUT2D eigenvalue weighted by Crippen LogP contribution is 2.17. The lowest BCUT2D eigenvalue weighted by Crippen LogP contribution is -2.25. The lowest BCUT2D eigenvalue weighted by molar-refractivity contribution is 0.492. The van der Waals surface area contributed by atoms with E-state index in [1.54, 1.807) is 6.07 Å². The largest absolute Gasteiger partial charge is 0.307 e. The molecule has 0 fully saturated rings. The molecule has 6 heteroatoms. The predicted octanol–water partition coefficient (Wildman–Crippen LogP) is 2.37. The SMILES string of the molecule is CCCNC(Cc1ccc(F)c(F)c1)c1ncn[nH]1. The molecule has 1 unspecified atom stereocenters. The topological polar surface area (TPSA) is 53.6 Å². The van der Waals surface area contributed by atoms with Crippen LogP contribution in [0.1, 0.15) is 30.8 Å². The van der Waals surface area contributed by atoms with Crippen molar-refractivity contribution in [3.05, 3.63) is 47.5 Å². The van der Waals surface area contributed by atoms with E-state index in [-0.39, 0.29) is 6.04 Å². The predicted molar refractivity (Wildman–Crippen MR) is 67.5 cm³/mol. The number of rotatable bonds is 6. The Labute approximate surface area is 110 Å². The number of nitrogens with one attached hydrogen (secondary N) is 2. The molecule has 4 nitrogen and oxygen atoms in total. The van der Waals surface area contributed by atoms with Gasteiger partial charge >= 0.3 is 0 Å². The van der Waals surface area contributed by atoms with Crippen molar-refractivity contribution in [1.82, 2.24) is 20.5 Å². The molecule has 0 radical (unpaired) electrons. The number of benzene rings is 1. The van der Waals surface area contributed by atoms with E-state index in [0.717, 1.165) is 19.0 Å². The van der Waals surface area contributed by atoms with Gasteiger partial charge in [-0.15, -0.1) is 0 Å². The number of H-pyrrole nitrogens is 1. The maximum absolute atomic E-state index is 13.2. The molecule has 2 aromatic rings. The first-order chi connectivity index (χ1) is 9.20. The van der Waals surface area contributed by atoms with Gasteiger partial charge in [0.15, 0.2) is 11.6 Å². The average molecular weight is 266 g/mol. The molecule has 0 aliphatic heterocycles. The molecule has 102 valence electrons. The van der Waals surface area contributed by atoms with Gasteiger partial charge in [-0.3, -0.25) is 5.10 Å². The Kier molecular flexibility index (Phi) is 4.57. The first kappa shape index (κ1) is 13.6. The van der Waals surface area contributed by atoms with Gasteiger partial charge in [0, 0.05) is 0 Å². The van der Waals surface area contributed by atoms with Crippen molar-refractivity contribution in [2.75, 3.05) is 6.54 Å². The molecule has 1 aromatic heterocycles. The van der Waals surface area contributed by atoms with Crippen LogP contribution in [-0.2, 0) is 6.42 Å². The van der Waals surface area contributed by atoms with Gasteiger partial charge in [0.25, 0.3) is 0 Å². The molecule has 0 aliphatic rings. The third-order valence-electron chi connectivity index (χ3n) is 2.83. The van der Waals surface area contributed by atoms with E-state index in [4.69, 9.17) is 0 Å². The van der Waals surface area contributed by atoms with Gasteiger partial charge < -0.3 is 5.32 Å². The molecule has 0 bridgehead atoms. The fraction of sp³-hybridized carbons (Fsp3) is 0.385. The highest BCUT2D eigenvalue weighted by molar-refractivity contribution is 5.19. The summed E-state index contributed by atoms with van der Waals surface area (Å²) in [5.74, 6) is -0.969. The molecule has 0 aliphatic carbocycles. The highest BCUT2D eigenvalue weighted by atomic mass is 19.2. The number of hydrogen-bond donors (Lipinski definition) is 2. The van der Waals surface area contributed by atoms with Crippen molar-refractivity contribution in [2.45, 2.75) is 25.8 Å². The Morgan fingerprint density at radius 3 is 2.79 bits per heavy atom. The number of aromatic nitrogens is 3. The number of hydrogen-bond acceptors (Lipinski definition) is 3. The maximum atomic E-state index is 13.2. The molecule has 2 N–H and O–H groups in total. The standard InChI is InChI=1S/C13H16F2N4/c1-2-5-16-12(13-17-8-18-19-13)7-9-3-4-10(14)11(15)6-9/h3-4,6,8,12,16H,2,5,7H2,1H3,(H,17,18,19). The monoisotopic (exact) mass is 266 g/mol. The molecule has 1 atom stereocenters. The summed E-state index contributed by atoms with van der Waals surface area (Å²) >= 11 is 0. The summed E-state index contributed by atoms with van der Waals surface area (Å²) in [4.78, 5) is 4.11. The molecule has 0 saturated heterocycles. The molecule has 1 aromatic carbocycles. The molecule has 19 heavy (non-hydrogen) atoms. The summed E-state index contributed by atoms with van der Waals surface area (Å²) in [5.41, 5.74) is 0.712. The summed E-state index contributed by atoms with van der Waals surface area (Å²) in [6.45, 7) is 2.87. The lowest BCUT2D eigenvalue weighted by Gasteiger charge is -2.16. The number of halogens is 2. The molecular weight excluding hydrogens is 250 g/mol. The third-order valence-corrected chi connectivity index (χ3v) is 2.83. The van der Waals surface area contributed by atoms with Crippen molar-refractivity contribution < 1.29 is 8.78 Å². The van der Waals surface area contributed by atoms with Crippen molar-refractivity contribution >= 4 is 0 Å². The molecule has 0 saturated carbocycles. The van der Waals surface area contributed by atoms with E-state index < -0.39 is 11.6 Å². The fourth-order valence-electron chi connectivity index (χ4n) is 1.87. The van der Waals surface area contributed by atoms with Crippen LogP contribution in [0.15, 0.2) is 24.5 Å². The van der Waals surface area contributed by atoms with Gasteiger partial charge in [0.2, 0.25) is 0 Å². The Morgan fingerprint density at radius 1 is 1.32 bits per heavy atom. The maximum Gasteiger partial charge on any atom is 0.159 e. The van der Waals surface area contributed by atoms with Crippen LogP contribution in [0.2, 0.25) is 0 Å². The fourth-order valence-corrected chi connectivity index (χ4v) is 1.87. The van der Waals surface area contributed by atoms with Crippen LogP contribution >= 0.6 is 0 Å². The van der Waals surface area contributed by atoms with E-state index in [1.165, 1.54) is 12.4 Å². The number of nitrogens with zero attached hydrogens (tertiary/aromatic N) is 2. The van der Waals surface area contributed by atoms with Gasteiger partial charge in [-0.25, -0.2) is 13.8 Å². The zero-order valence-electron chi connectivity index (χ0n) is 10.7. The summed E-state index contributed by atoms with van der Waals surface area (Å²) in [7, 11) is 0. The van der Waals surface area contributed by atoms with E-state index in [2.05, 4.69) is 27.4 Å². The second-order valence-corrected chi connectivity index (χ2v) is 4.33. The Balaban J connectivity index is 2.13. The van der Waals surface area contributed by atoms with Crippen molar-refractivity contribution in [1.29, 1.82) is 0 Å². The quantitative estimate of drug-likeness (QED) is 0.844. The van der Waals surface area contributed by atoms with Crippen LogP contribution in [0.4, 0.5) is 8.78 Å². The van der Waals surface area contributed by atoms with Crippen LogP contribution in [0, 0.1) is 11.6 Å². The highest BCUT2D eigenvalue weighted by Gasteiger charge is 2.15. The number of aromatic amines is 1. The minimum absolute atomic E-state index is 0.0905. The second-order valence-electron chi connectivity index (χ2n) is 4.33. The molecule has 0 amide bonds. The van der Waals surface area contributed by atoms with E-state index in [9.17, 15) is 8.78 Å². The minimum Gasteiger partial charge on any atom is -0.307 e. The van der Waals surface area contributed by atoms with Crippen LogP contribution < -0.4 is 5.32 Å². The average Bonchev–Trinajstić information content (AvgIpc) is 2.92. The molecule has 0 spiro atoms. The first-order valence-electron chi connectivity index (χ1n) is 6.23. The molecule has 2 rings (SSSR count). The minimum atomic E-state index is -0.832. The van der Waals surface area contributed by atoms with Crippen LogP contribution in [0.25, 0.3) is 0 Å². The van der Waals surface area contributed by atoms with Crippen molar-refractivity contribution in [3.8, 4) is 0 Å². The summed E-state index contributed by atoms with van der Waals surface area (Å²) in [6.07, 6.45) is 2.93. The van der Waals surface area contributed by atoms with Gasteiger partial charge in [0.05, 0.1) is 6.04 Å². The van der Waals surface area contributed by atoms with Crippen molar-refractivity contribution in [2.24, 2.45) is 0 Å². The molecule has 1 heterocycles. The zero-order valence-corrected chi connectivity index (χ0v) is 10.7. The van der Waals surface area contributed by atoms with Crippen LogP contribution in [0.3, 0.4) is 0 Å². The first-order valence-corrected chi connectivity index (χ1v) is 6.23. The van der Waals surface area contributed by atoms with Gasteiger partial charge in [-0.05, 0) is 37.1 Å². The van der Waals surface area contributed by atoms with E-state index in [1.807, 2.05) is 0 Å². The molecular formula is C13H16F2N4.